The molecule has 1 unspecified atom stereocenters. The maximum atomic E-state index is 13.3. The molecule has 0 aliphatic heterocycles. The Morgan fingerprint density at radius 2 is 2.12 bits per heavy atom. The minimum atomic E-state index is -0.520. The molecule has 1 aromatic rings. The number of thioether (sulfide) groups is 1. The molecule has 0 aliphatic carbocycles. The first-order valence-electron chi connectivity index (χ1n) is 5.92. The van der Waals surface area contributed by atoms with Crippen LogP contribution in [0.5, 0.6) is 0 Å². The zero-order valence-corrected chi connectivity index (χ0v) is 11.1. The Kier molecular flexibility index (Phi) is 6.52. The van der Waals surface area contributed by atoms with Gasteiger partial charge in [0.1, 0.15) is 11.6 Å². The summed E-state index contributed by atoms with van der Waals surface area (Å²) in [6.45, 7) is 2.15. The van der Waals surface area contributed by atoms with Crippen LogP contribution in [0.2, 0.25) is 0 Å². The summed E-state index contributed by atoms with van der Waals surface area (Å²) in [6, 6.07) is 4.28. The van der Waals surface area contributed by atoms with Crippen LogP contribution < -0.4 is 5.32 Å². The predicted molar refractivity (Wildman–Crippen MR) is 69.5 cm³/mol. The highest BCUT2D eigenvalue weighted by molar-refractivity contribution is 7.99. The van der Waals surface area contributed by atoms with Crippen LogP contribution >= 0.6 is 11.8 Å². The van der Waals surface area contributed by atoms with Crippen LogP contribution in [0, 0.1) is 11.6 Å². The largest absolute Gasteiger partial charge is 0.317 e. The Morgan fingerprint density at radius 3 is 2.71 bits per heavy atom. The van der Waals surface area contributed by atoms with Crippen molar-refractivity contribution >= 4 is 11.8 Å². The van der Waals surface area contributed by atoms with E-state index in [2.05, 4.69) is 12.2 Å². The molecule has 0 bridgehead atoms. The van der Waals surface area contributed by atoms with Gasteiger partial charge in [0.2, 0.25) is 0 Å². The average Bonchev–Trinajstić information content (AvgIpc) is 2.32. The fourth-order valence-corrected chi connectivity index (χ4v) is 2.55. The second kappa shape index (κ2) is 7.67. The monoisotopic (exact) mass is 259 g/mol. The van der Waals surface area contributed by atoms with E-state index >= 15 is 0 Å². The van der Waals surface area contributed by atoms with Crippen molar-refractivity contribution < 1.29 is 8.78 Å². The zero-order valence-electron chi connectivity index (χ0n) is 10.3. The molecular weight excluding hydrogens is 240 g/mol. The molecule has 0 heterocycles. The molecule has 1 N–H and O–H groups in total. The van der Waals surface area contributed by atoms with Crippen molar-refractivity contribution in [2.75, 3.05) is 12.8 Å². The van der Waals surface area contributed by atoms with E-state index in [-0.39, 0.29) is 0 Å². The van der Waals surface area contributed by atoms with Crippen LogP contribution in [0.4, 0.5) is 8.78 Å². The fraction of sp³-hybridized carbons (Fsp3) is 0.538. The Hall–Kier alpha value is -0.610. The van der Waals surface area contributed by atoms with Gasteiger partial charge in [0.15, 0.2) is 0 Å². The smallest absolute Gasteiger partial charge is 0.139 e. The molecule has 0 aliphatic rings. The summed E-state index contributed by atoms with van der Waals surface area (Å²) in [5.74, 6) is -0.121. The third-order valence-electron chi connectivity index (χ3n) is 2.75. The molecule has 0 spiro atoms. The van der Waals surface area contributed by atoms with Crippen molar-refractivity contribution in [3.05, 3.63) is 29.8 Å². The Morgan fingerprint density at radius 1 is 1.35 bits per heavy atom. The van der Waals surface area contributed by atoms with Gasteiger partial charge in [0, 0.05) is 17.0 Å². The van der Waals surface area contributed by atoms with Crippen LogP contribution in [0.1, 0.15) is 26.2 Å². The van der Waals surface area contributed by atoms with Crippen LogP contribution in [-0.4, -0.2) is 18.8 Å². The summed E-state index contributed by atoms with van der Waals surface area (Å²) in [5, 5.41) is 3.24. The summed E-state index contributed by atoms with van der Waals surface area (Å²) < 4.78 is 26.0. The first-order chi connectivity index (χ1) is 8.17. The molecule has 0 amide bonds. The van der Waals surface area contributed by atoms with Crippen molar-refractivity contribution in [3.8, 4) is 0 Å². The van der Waals surface area contributed by atoms with Crippen molar-refractivity contribution in [3.63, 3.8) is 0 Å². The lowest BCUT2D eigenvalue weighted by Crippen LogP contribution is -2.23. The molecule has 0 saturated carbocycles. The molecule has 0 saturated heterocycles. The van der Waals surface area contributed by atoms with Crippen LogP contribution in [0.25, 0.3) is 0 Å². The molecule has 17 heavy (non-hydrogen) atoms. The van der Waals surface area contributed by atoms with E-state index in [1.165, 1.54) is 23.9 Å². The highest BCUT2D eigenvalue weighted by atomic mass is 32.2. The standard InChI is InChI=1S/C13H19F2NS/c1-3-11(16-2)5-4-8-17-13-7-6-10(14)9-12(13)15/h6-7,9,11,16H,3-5,8H2,1-2H3. The molecule has 1 nitrogen and oxygen atoms in total. The molecule has 1 aromatic carbocycles. The number of benzene rings is 1. The van der Waals surface area contributed by atoms with Gasteiger partial charge in [-0.15, -0.1) is 11.8 Å². The minimum Gasteiger partial charge on any atom is -0.317 e. The van der Waals surface area contributed by atoms with Gasteiger partial charge in [-0.2, -0.15) is 0 Å². The molecule has 1 rings (SSSR count). The SMILES string of the molecule is CCC(CCCSc1ccc(F)cc1F)NC. The Balaban J connectivity index is 2.31. The quantitative estimate of drug-likeness (QED) is 0.590. The molecule has 1 atom stereocenters. The van der Waals surface area contributed by atoms with Gasteiger partial charge in [-0.05, 0) is 44.2 Å². The van der Waals surface area contributed by atoms with Crippen LogP contribution in [-0.2, 0) is 0 Å². The van der Waals surface area contributed by atoms with Gasteiger partial charge in [0.25, 0.3) is 0 Å². The summed E-state index contributed by atoms with van der Waals surface area (Å²) in [6.07, 6.45) is 3.22. The molecule has 0 fully saturated rings. The summed E-state index contributed by atoms with van der Waals surface area (Å²) >= 11 is 1.45. The summed E-state index contributed by atoms with van der Waals surface area (Å²) in [4.78, 5) is 0.531. The topological polar surface area (TPSA) is 12.0 Å². The van der Waals surface area contributed by atoms with E-state index in [4.69, 9.17) is 0 Å². The van der Waals surface area contributed by atoms with Gasteiger partial charge < -0.3 is 5.32 Å². The van der Waals surface area contributed by atoms with Gasteiger partial charge in [-0.1, -0.05) is 6.92 Å². The van der Waals surface area contributed by atoms with Gasteiger partial charge in [-0.3, -0.25) is 0 Å². The van der Waals surface area contributed by atoms with Gasteiger partial charge in [0.05, 0.1) is 0 Å². The Labute approximate surface area is 106 Å². The zero-order chi connectivity index (χ0) is 12.7. The Bertz CT molecular complexity index is 340. The first kappa shape index (κ1) is 14.5. The average molecular weight is 259 g/mol. The maximum absolute atomic E-state index is 13.3. The van der Waals surface area contributed by atoms with Crippen molar-refractivity contribution in [2.24, 2.45) is 0 Å². The lowest BCUT2D eigenvalue weighted by atomic mass is 10.1. The summed E-state index contributed by atoms with van der Waals surface area (Å²) in [7, 11) is 1.96. The van der Waals surface area contributed by atoms with E-state index in [0.717, 1.165) is 31.1 Å². The number of hydrogen-bond donors (Lipinski definition) is 1. The fourth-order valence-electron chi connectivity index (χ4n) is 1.66. The third-order valence-corrected chi connectivity index (χ3v) is 3.88. The number of nitrogens with one attached hydrogen (secondary N) is 1. The van der Waals surface area contributed by atoms with Crippen LogP contribution in [0.3, 0.4) is 0 Å². The van der Waals surface area contributed by atoms with E-state index in [0.29, 0.717) is 10.9 Å². The lowest BCUT2D eigenvalue weighted by Gasteiger charge is -2.12. The third kappa shape index (κ3) is 5.04. The highest BCUT2D eigenvalue weighted by Crippen LogP contribution is 2.23. The first-order valence-corrected chi connectivity index (χ1v) is 6.91. The lowest BCUT2D eigenvalue weighted by molar-refractivity contribution is 0.504. The van der Waals surface area contributed by atoms with E-state index in [1.54, 1.807) is 0 Å². The minimum absolute atomic E-state index is 0.462. The second-order valence-electron chi connectivity index (χ2n) is 3.96. The van der Waals surface area contributed by atoms with Gasteiger partial charge >= 0.3 is 0 Å². The van der Waals surface area contributed by atoms with Crippen LogP contribution in [0.15, 0.2) is 23.1 Å². The summed E-state index contributed by atoms with van der Waals surface area (Å²) in [5.41, 5.74) is 0. The second-order valence-corrected chi connectivity index (χ2v) is 5.10. The van der Waals surface area contributed by atoms with Gasteiger partial charge in [-0.25, -0.2) is 8.78 Å². The molecule has 0 radical (unpaired) electrons. The molecule has 0 aromatic heterocycles. The molecule has 96 valence electrons. The predicted octanol–water partition coefficient (Wildman–Crippen LogP) is 3.84. The van der Waals surface area contributed by atoms with E-state index in [1.807, 2.05) is 7.05 Å². The maximum Gasteiger partial charge on any atom is 0.139 e. The molecular formula is C13H19F2NS. The van der Waals surface area contributed by atoms with E-state index < -0.39 is 11.6 Å². The van der Waals surface area contributed by atoms with E-state index in [9.17, 15) is 8.78 Å². The number of halogens is 2. The van der Waals surface area contributed by atoms with Crippen molar-refractivity contribution in [1.82, 2.24) is 5.32 Å². The number of rotatable bonds is 7. The highest BCUT2D eigenvalue weighted by Gasteiger charge is 2.05. The molecule has 4 heteroatoms. The van der Waals surface area contributed by atoms with Crippen molar-refractivity contribution in [1.29, 1.82) is 0 Å². The number of hydrogen-bond acceptors (Lipinski definition) is 2. The normalized spacial score (nSPS) is 12.7. The van der Waals surface area contributed by atoms with Crippen molar-refractivity contribution in [2.45, 2.75) is 37.1 Å².